The lowest BCUT2D eigenvalue weighted by atomic mass is 9.81. The predicted octanol–water partition coefficient (Wildman–Crippen LogP) is 3.61. The Kier molecular flexibility index (Phi) is 3.40. The van der Waals surface area contributed by atoms with Gasteiger partial charge < -0.3 is 9.88 Å². The van der Waals surface area contributed by atoms with E-state index in [1.807, 2.05) is 24.3 Å². The highest BCUT2D eigenvalue weighted by Crippen LogP contribution is 2.41. The van der Waals surface area contributed by atoms with Crippen LogP contribution in [-0.4, -0.2) is 22.9 Å². The second-order valence-corrected chi connectivity index (χ2v) is 5.96. The number of amides is 1. The molecule has 1 fully saturated rings. The maximum Gasteiger partial charge on any atom is 0.269 e. The second-order valence-electron chi connectivity index (χ2n) is 5.58. The van der Waals surface area contributed by atoms with Crippen molar-refractivity contribution in [2.45, 2.75) is 18.8 Å². The average molecular weight is 313 g/mol. The van der Waals surface area contributed by atoms with Crippen LogP contribution in [0.15, 0.2) is 24.3 Å². The Bertz CT molecular complexity index is 664. The van der Waals surface area contributed by atoms with E-state index in [1.54, 1.807) is 11.6 Å². The Morgan fingerprint density at radius 1 is 1.43 bits per heavy atom. The summed E-state index contributed by atoms with van der Waals surface area (Å²) in [5, 5.41) is 3.90. The summed E-state index contributed by atoms with van der Waals surface area (Å²) in [6.07, 6.45) is -0.313. The number of halogens is 3. The summed E-state index contributed by atoms with van der Waals surface area (Å²) in [5.74, 6) is -3.04. The molecule has 1 aromatic heterocycles. The van der Waals surface area contributed by atoms with E-state index in [0.29, 0.717) is 10.7 Å². The molecule has 3 nitrogen and oxygen atoms in total. The fraction of sp³-hybridized carbons (Fsp3) is 0.400. The quantitative estimate of drug-likeness (QED) is 0.923. The fourth-order valence-corrected chi connectivity index (χ4v) is 3.22. The third-order valence-corrected chi connectivity index (χ3v) is 4.37. The van der Waals surface area contributed by atoms with Crippen LogP contribution in [0.1, 0.15) is 23.3 Å². The van der Waals surface area contributed by atoms with Crippen molar-refractivity contribution in [3.05, 3.63) is 35.0 Å². The van der Waals surface area contributed by atoms with Crippen LogP contribution < -0.4 is 5.32 Å². The third-order valence-electron chi connectivity index (χ3n) is 3.99. The van der Waals surface area contributed by atoms with Crippen molar-refractivity contribution in [1.82, 2.24) is 9.88 Å². The van der Waals surface area contributed by atoms with Gasteiger partial charge in [0, 0.05) is 37.3 Å². The van der Waals surface area contributed by atoms with Crippen molar-refractivity contribution < 1.29 is 13.6 Å². The van der Waals surface area contributed by atoms with Gasteiger partial charge in [0.1, 0.15) is 5.69 Å². The minimum Gasteiger partial charge on any atom is -0.350 e. The molecule has 21 heavy (non-hydrogen) atoms. The molecule has 6 heteroatoms. The topological polar surface area (TPSA) is 34.0 Å². The molecule has 0 saturated heterocycles. The largest absolute Gasteiger partial charge is 0.350 e. The molecule has 112 valence electrons. The lowest BCUT2D eigenvalue weighted by molar-refractivity contribution is -0.108. The number of hydrogen-bond donors (Lipinski definition) is 1. The lowest BCUT2D eigenvalue weighted by Gasteiger charge is -2.34. The minimum absolute atomic E-state index is 0.155. The highest BCUT2D eigenvalue weighted by Gasteiger charge is 2.45. The van der Waals surface area contributed by atoms with Gasteiger partial charge in [0.2, 0.25) is 5.92 Å². The molecule has 0 atom stereocenters. The Morgan fingerprint density at radius 3 is 2.71 bits per heavy atom. The summed E-state index contributed by atoms with van der Waals surface area (Å²) >= 11 is 6.26. The first kappa shape index (κ1) is 14.3. The van der Waals surface area contributed by atoms with E-state index >= 15 is 0 Å². The van der Waals surface area contributed by atoms with Crippen LogP contribution in [0.5, 0.6) is 0 Å². The molecular weight excluding hydrogens is 298 g/mol. The number of para-hydroxylation sites is 1. The first-order chi connectivity index (χ1) is 9.89. The Hall–Kier alpha value is -1.62. The summed E-state index contributed by atoms with van der Waals surface area (Å²) in [7, 11) is 1.76. The second kappa shape index (κ2) is 4.98. The van der Waals surface area contributed by atoms with Crippen LogP contribution in [0, 0.1) is 5.92 Å². The summed E-state index contributed by atoms with van der Waals surface area (Å²) < 4.78 is 27.3. The maximum atomic E-state index is 12.8. The molecule has 1 amide bonds. The van der Waals surface area contributed by atoms with Gasteiger partial charge in [-0.2, -0.15) is 0 Å². The van der Waals surface area contributed by atoms with Crippen molar-refractivity contribution in [3.8, 4) is 0 Å². The number of benzene rings is 1. The maximum absolute atomic E-state index is 12.8. The summed E-state index contributed by atoms with van der Waals surface area (Å²) in [6, 6.07) is 7.45. The zero-order valence-corrected chi connectivity index (χ0v) is 12.3. The van der Waals surface area contributed by atoms with Crippen LogP contribution in [0.4, 0.5) is 8.78 Å². The summed E-state index contributed by atoms with van der Waals surface area (Å²) in [6.45, 7) is 0.256. The van der Waals surface area contributed by atoms with E-state index in [4.69, 9.17) is 11.6 Å². The van der Waals surface area contributed by atoms with Crippen molar-refractivity contribution in [2.24, 2.45) is 13.0 Å². The Morgan fingerprint density at radius 2 is 2.10 bits per heavy atom. The number of fused-ring (bicyclic) bond motifs is 1. The highest BCUT2D eigenvalue weighted by atomic mass is 35.5. The van der Waals surface area contributed by atoms with Crippen LogP contribution in [-0.2, 0) is 7.05 Å². The molecule has 0 spiro atoms. The Labute approximate surface area is 125 Å². The van der Waals surface area contributed by atoms with Crippen LogP contribution in [0.25, 0.3) is 10.9 Å². The van der Waals surface area contributed by atoms with E-state index in [-0.39, 0.29) is 31.2 Å². The molecule has 1 heterocycles. The monoisotopic (exact) mass is 312 g/mol. The van der Waals surface area contributed by atoms with E-state index in [9.17, 15) is 13.6 Å². The first-order valence-electron chi connectivity index (χ1n) is 6.78. The number of aromatic nitrogens is 1. The average Bonchev–Trinajstić information content (AvgIpc) is 2.67. The highest BCUT2D eigenvalue weighted by molar-refractivity contribution is 6.38. The molecule has 1 aromatic carbocycles. The third kappa shape index (κ3) is 2.50. The number of rotatable bonds is 3. The number of hydrogen-bond acceptors (Lipinski definition) is 1. The van der Waals surface area contributed by atoms with E-state index in [0.717, 1.165) is 10.9 Å². The van der Waals surface area contributed by atoms with Gasteiger partial charge in [-0.25, -0.2) is 8.78 Å². The summed E-state index contributed by atoms with van der Waals surface area (Å²) in [5.41, 5.74) is 1.23. The van der Waals surface area contributed by atoms with E-state index in [2.05, 4.69) is 5.32 Å². The number of nitrogens with one attached hydrogen (secondary N) is 1. The molecule has 0 unspecified atom stereocenters. The number of alkyl halides is 2. The van der Waals surface area contributed by atoms with Crippen molar-refractivity contribution in [1.29, 1.82) is 0 Å². The zero-order valence-electron chi connectivity index (χ0n) is 11.5. The molecule has 1 saturated carbocycles. The fourth-order valence-electron chi connectivity index (χ4n) is 2.85. The van der Waals surface area contributed by atoms with Crippen LogP contribution >= 0.6 is 11.6 Å². The van der Waals surface area contributed by atoms with Crippen molar-refractivity contribution in [2.75, 3.05) is 6.54 Å². The van der Waals surface area contributed by atoms with Gasteiger partial charge in [-0.15, -0.1) is 0 Å². The van der Waals surface area contributed by atoms with Gasteiger partial charge in [-0.3, -0.25) is 4.79 Å². The smallest absolute Gasteiger partial charge is 0.269 e. The molecule has 0 radical (unpaired) electrons. The molecule has 0 bridgehead atoms. The SMILES string of the molecule is Cn1c(C(=O)NCC2CC(F)(F)C2)c(Cl)c2ccccc21. The zero-order chi connectivity index (χ0) is 15.2. The Balaban J connectivity index is 1.76. The van der Waals surface area contributed by atoms with E-state index < -0.39 is 5.92 Å². The molecule has 3 rings (SSSR count). The van der Waals surface area contributed by atoms with Crippen molar-refractivity contribution >= 4 is 28.4 Å². The summed E-state index contributed by atoms with van der Waals surface area (Å²) in [4.78, 5) is 12.3. The number of carbonyl (C=O) groups is 1. The van der Waals surface area contributed by atoms with E-state index in [1.165, 1.54) is 0 Å². The van der Waals surface area contributed by atoms with Gasteiger partial charge >= 0.3 is 0 Å². The molecule has 1 aliphatic rings. The number of carbonyl (C=O) groups excluding carboxylic acids is 1. The van der Waals surface area contributed by atoms with Gasteiger partial charge in [-0.05, 0) is 12.0 Å². The minimum atomic E-state index is -2.56. The first-order valence-corrected chi connectivity index (χ1v) is 7.16. The normalized spacial score (nSPS) is 17.7. The van der Waals surface area contributed by atoms with Gasteiger partial charge in [-0.1, -0.05) is 29.8 Å². The molecule has 1 aliphatic carbocycles. The van der Waals surface area contributed by atoms with Crippen LogP contribution in [0.2, 0.25) is 5.02 Å². The van der Waals surface area contributed by atoms with Gasteiger partial charge in [0.05, 0.1) is 5.02 Å². The van der Waals surface area contributed by atoms with Gasteiger partial charge in [0.15, 0.2) is 0 Å². The molecule has 0 aliphatic heterocycles. The van der Waals surface area contributed by atoms with Gasteiger partial charge in [0.25, 0.3) is 5.91 Å². The standard InChI is InChI=1S/C15H15ClF2N2O/c1-20-11-5-3-2-4-10(11)12(16)13(20)14(21)19-8-9-6-15(17,18)7-9/h2-5,9H,6-8H2,1H3,(H,19,21). The van der Waals surface area contributed by atoms with Crippen molar-refractivity contribution in [3.63, 3.8) is 0 Å². The number of nitrogens with zero attached hydrogens (tertiary/aromatic N) is 1. The number of aryl methyl sites for hydroxylation is 1. The molecule has 2 aromatic rings. The van der Waals surface area contributed by atoms with Crippen LogP contribution in [0.3, 0.4) is 0 Å². The predicted molar refractivity (Wildman–Crippen MR) is 77.9 cm³/mol. The molecule has 1 N–H and O–H groups in total. The molecular formula is C15H15ClF2N2O. The lowest BCUT2D eigenvalue weighted by Crippen LogP contribution is -2.42.